The number of anilines is 1. The Morgan fingerprint density at radius 3 is 3.05 bits per heavy atom. The summed E-state index contributed by atoms with van der Waals surface area (Å²) in [6, 6.07) is 1.88. The lowest BCUT2D eigenvalue weighted by Gasteiger charge is -1.97. The molecule has 8 heteroatoms. The van der Waals surface area contributed by atoms with E-state index in [4.69, 9.17) is 0 Å². The van der Waals surface area contributed by atoms with Crippen LogP contribution in [0.2, 0.25) is 0 Å². The number of fused-ring (bicyclic) bond motifs is 3. The van der Waals surface area contributed by atoms with Gasteiger partial charge in [-0.25, -0.2) is 9.97 Å². The van der Waals surface area contributed by atoms with Gasteiger partial charge in [0.15, 0.2) is 10.1 Å². The summed E-state index contributed by atoms with van der Waals surface area (Å²) in [4.78, 5) is 23.4. The van der Waals surface area contributed by atoms with Crippen molar-refractivity contribution < 1.29 is 4.79 Å². The van der Waals surface area contributed by atoms with E-state index >= 15 is 0 Å². The number of hydrogen-bond acceptors (Lipinski definition) is 6. The summed E-state index contributed by atoms with van der Waals surface area (Å²) in [7, 11) is 0. The summed E-state index contributed by atoms with van der Waals surface area (Å²) in [5.41, 5.74) is 1.89. The Kier molecular flexibility index (Phi) is 2.62. The molecule has 1 N–H and O–H groups in total. The SMILES string of the molecule is Cc1csc(NC(=O)c2cc3c(nc4sccn43)s2)n1. The van der Waals surface area contributed by atoms with Crippen molar-refractivity contribution in [3.05, 3.63) is 33.6 Å². The molecule has 1 amide bonds. The van der Waals surface area contributed by atoms with E-state index in [1.165, 1.54) is 22.7 Å². The minimum absolute atomic E-state index is 0.133. The number of hydrogen-bond donors (Lipinski definition) is 1. The van der Waals surface area contributed by atoms with Crippen LogP contribution in [0, 0.1) is 6.92 Å². The summed E-state index contributed by atoms with van der Waals surface area (Å²) >= 11 is 4.42. The molecule has 0 saturated heterocycles. The largest absolute Gasteiger partial charge is 0.297 e. The summed E-state index contributed by atoms with van der Waals surface area (Å²) < 4.78 is 2.00. The van der Waals surface area contributed by atoms with Crippen molar-refractivity contribution in [3.63, 3.8) is 0 Å². The third kappa shape index (κ3) is 1.84. The van der Waals surface area contributed by atoms with E-state index < -0.39 is 0 Å². The lowest BCUT2D eigenvalue weighted by molar-refractivity contribution is 0.103. The van der Waals surface area contributed by atoms with E-state index in [2.05, 4.69) is 15.3 Å². The lowest BCUT2D eigenvalue weighted by Crippen LogP contribution is -2.09. The fourth-order valence-corrected chi connectivity index (χ4v) is 4.31. The summed E-state index contributed by atoms with van der Waals surface area (Å²) in [5.74, 6) is -0.133. The maximum absolute atomic E-state index is 12.2. The Balaban J connectivity index is 1.70. The highest BCUT2D eigenvalue weighted by Gasteiger charge is 2.15. The van der Waals surface area contributed by atoms with Crippen molar-refractivity contribution in [2.24, 2.45) is 0 Å². The second-order valence-corrected chi connectivity index (χ2v) is 6.98. The Bertz CT molecular complexity index is 929. The van der Waals surface area contributed by atoms with Crippen LogP contribution in [0.15, 0.2) is 23.0 Å². The Labute approximate surface area is 125 Å². The third-order valence-corrected chi connectivity index (χ3v) is 5.45. The number of carbonyl (C=O) groups is 1. The molecule has 0 aromatic carbocycles. The van der Waals surface area contributed by atoms with Gasteiger partial charge in [0.1, 0.15) is 4.83 Å². The molecule has 0 fully saturated rings. The molecule has 0 radical (unpaired) electrons. The van der Waals surface area contributed by atoms with Gasteiger partial charge in [-0.1, -0.05) is 0 Å². The number of imidazole rings is 1. The molecule has 0 unspecified atom stereocenters. The quantitative estimate of drug-likeness (QED) is 0.613. The van der Waals surface area contributed by atoms with Crippen LogP contribution in [0.5, 0.6) is 0 Å². The Hall–Kier alpha value is -1.77. The van der Waals surface area contributed by atoms with E-state index in [1.807, 2.05) is 34.3 Å². The molecule has 4 heterocycles. The Morgan fingerprint density at radius 2 is 2.25 bits per heavy atom. The maximum Gasteiger partial charge on any atom is 0.267 e. The van der Waals surface area contributed by atoms with Crippen LogP contribution in [0.3, 0.4) is 0 Å². The fraction of sp³-hybridized carbons (Fsp3) is 0.0833. The van der Waals surface area contributed by atoms with Crippen LogP contribution in [0.4, 0.5) is 5.13 Å². The van der Waals surface area contributed by atoms with E-state index in [9.17, 15) is 4.79 Å². The number of aromatic nitrogens is 3. The molecule has 4 aromatic heterocycles. The van der Waals surface area contributed by atoms with Gasteiger partial charge in [0.25, 0.3) is 5.91 Å². The zero-order chi connectivity index (χ0) is 13.7. The summed E-state index contributed by atoms with van der Waals surface area (Å²) in [6.45, 7) is 1.90. The zero-order valence-electron chi connectivity index (χ0n) is 10.3. The van der Waals surface area contributed by atoms with Crippen molar-refractivity contribution in [3.8, 4) is 0 Å². The molecule has 0 atom stereocenters. The van der Waals surface area contributed by atoms with Gasteiger partial charge in [0, 0.05) is 17.0 Å². The van der Waals surface area contributed by atoms with Gasteiger partial charge in [0.05, 0.1) is 16.1 Å². The maximum atomic E-state index is 12.2. The lowest BCUT2D eigenvalue weighted by atomic mass is 10.4. The fourth-order valence-electron chi connectivity index (χ4n) is 1.93. The normalized spacial score (nSPS) is 11.4. The van der Waals surface area contributed by atoms with Crippen LogP contribution in [0.25, 0.3) is 15.3 Å². The smallest absolute Gasteiger partial charge is 0.267 e. The van der Waals surface area contributed by atoms with Gasteiger partial charge in [-0.15, -0.1) is 34.0 Å². The zero-order valence-corrected chi connectivity index (χ0v) is 12.7. The van der Waals surface area contributed by atoms with E-state index in [0.29, 0.717) is 10.0 Å². The molecule has 5 nitrogen and oxygen atoms in total. The summed E-state index contributed by atoms with van der Waals surface area (Å²) in [5, 5.41) is 7.34. The van der Waals surface area contributed by atoms with Crippen molar-refractivity contribution in [1.82, 2.24) is 14.4 Å². The van der Waals surface area contributed by atoms with Crippen LogP contribution in [-0.2, 0) is 0 Å². The van der Waals surface area contributed by atoms with Crippen LogP contribution >= 0.6 is 34.0 Å². The van der Waals surface area contributed by atoms with Crippen LogP contribution < -0.4 is 5.32 Å². The molecule has 0 spiro atoms. The van der Waals surface area contributed by atoms with E-state index in [0.717, 1.165) is 21.0 Å². The minimum Gasteiger partial charge on any atom is -0.297 e. The highest BCUT2D eigenvalue weighted by Crippen LogP contribution is 2.29. The second kappa shape index (κ2) is 4.37. The average molecular weight is 320 g/mol. The molecular formula is C12H8N4OS3. The highest BCUT2D eigenvalue weighted by molar-refractivity contribution is 7.21. The molecule has 0 saturated carbocycles. The molecular weight excluding hydrogens is 312 g/mol. The predicted octanol–water partition coefficient (Wildman–Crippen LogP) is 3.63. The third-order valence-electron chi connectivity index (χ3n) is 2.80. The second-order valence-electron chi connectivity index (χ2n) is 4.22. The molecule has 0 aliphatic heterocycles. The van der Waals surface area contributed by atoms with Crippen LogP contribution in [-0.4, -0.2) is 20.3 Å². The monoisotopic (exact) mass is 320 g/mol. The van der Waals surface area contributed by atoms with Gasteiger partial charge in [-0.3, -0.25) is 14.5 Å². The van der Waals surface area contributed by atoms with Crippen molar-refractivity contribution >= 4 is 60.4 Å². The highest BCUT2D eigenvalue weighted by atomic mass is 32.1. The first-order chi connectivity index (χ1) is 9.70. The Morgan fingerprint density at radius 1 is 1.35 bits per heavy atom. The van der Waals surface area contributed by atoms with Crippen molar-refractivity contribution in [2.45, 2.75) is 6.92 Å². The number of aryl methyl sites for hydroxylation is 1. The number of nitrogens with zero attached hydrogens (tertiary/aromatic N) is 3. The first kappa shape index (κ1) is 12.0. The van der Waals surface area contributed by atoms with Crippen molar-refractivity contribution in [2.75, 3.05) is 5.32 Å². The molecule has 4 aromatic rings. The number of amides is 1. The average Bonchev–Trinajstić information content (AvgIpc) is 3.10. The number of nitrogens with one attached hydrogen (secondary N) is 1. The van der Waals surface area contributed by atoms with Gasteiger partial charge in [-0.2, -0.15) is 0 Å². The molecule has 0 bridgehead atoms. The minimum atomic E-state index is -0.133. The van der Waals surface area contributed by atoms with Gasteiger partial charge < -0.3 is 0 Å². The standard InChI is InChI=1S/C12H8N4OS3/c1-6-5-19-11(13-6)14-9(17)8-4-7-10(20-8)15-12-16(7)2-3-18-12/h2-5H,1H3,(H,13,14,17). The summed E-state index contributed by atoms with van der Waals surface area (Å²) in [6.07, 6.45) is 1.97. The number of thiophene rings is 1. The molecule has 100 valence electrons. The topological polar surface area (TPSA) is 59.3 Å². The van der Waals surface area contributed by atoms with Gasteiger partial charge in [0.2, 0.25) is 0 Å². The molecule has 4 rings (SSSR count). The molecule has 0 aliphatic rings. The van der Waals surface area contributed by atoms with Crippen molar-refractivity contribution in [1.29, 1.82) is 0 Å². The number of thiazole rings is 2. The van der Waals surface area contributed by atoms with E-state index in [1.54, 1.807) is 11.3 Å². The van der Waals surface area contributed by atoms with Gasteiger partial charge in [-0.05, 0) is 13.0 Å². The number of rotatable bonds is 2. The molecule has 20 heavy (non-hydrogen) atoms. The van der Waals surface area contributed by atoms with E-state index in [-0.39, 0.29) is 5.91 Å². The van der Waals surface area contributed by atoms with Gasteiger partial charge >= 0.3 is 0 Å². The predicted molar refractivity (Wildman–Crippen MR) is 83.3 cm³/mol. The first-order valence-electron chi connectivity index (χ1n) is 5.79. The molecule has 0 aliphatic carbocycles. The van der Waals surface area contributed by atoms with Crippen LogP contribution in [0.1, 0.15) is 15.4 Å². The number of carbonyl (C=O) groups excluding carboxylic acids is 1. The first-order valence-corrected chi connectivity index (χ1v) is 8.37.